The van der Waals surface area contributed by atoms with Crippen LogP contribution in [0.25, 0.3) is 0 Å². The van der Waals surface area contributed by atoms with Gasteiger partial charge in [0.1, 0.15) is 17.8 Å². The summed E-state index contributed by atoms with van der Waals surface area (Å²) in [6.07, 6.45) is 3.33. The highest BCUT2D eigenvalue weighted by Crippen LogP contribution is 2.45. The summed E-state index contributed by atoms with van der Waals surface area (Å²) in [5, 5.41) is 0. The smallest absolute Gasteiger partial charge is 0.235 e. The van der Waals surface area contributed by atoms with Gasteiger partial charge < -0.3 is 9.64 Å². The fourth-order valence-electron chi connectivity index (χ4n) is 3.61. The second kappa shape index (κ2) is 5.41. The molecule has 0 bridgehead atoms. The van der Waals surface area contributed by atoms with Gasteiger partial charge in [-0.2, -0.15) is 0 Å². The number of amides is 1. The van der Waals surface area contributed by atoms with E-state index in [1.54, 1.807) is 6.20 Å². The van der Waals surface area contributed by atoms with Crippen LogP contribution < -0.4 is 4.74 Å². The molecular formula is C20H15N3O2. The topological polar surface area (TPSA) is 55.3 Å². The first-order chi connectivity index (χ1) is 12.3. The average Bonchev–Trinajstić information content (AvgIpc) is 3.10. The van der Waals surface area contributed by atoms with Crippen molar-refractivity contribution in [1.29, 1.82) is 0 Å². The highest BCUT2D eigenvalue weighted by Gasteiger charge is 2.37. The van der Waals surface area contributed by atoms with Crippen LogP contribution in [0.3, 0.4) is 0 Å². The zero-order chi connectivity index (χ0) is 16.8. The number of hydrogen-bond donors (Lipinski definition) is 0. The third-order valence-electron chi connectivity index (χ3n) is 4.82. The fraction of sp³-hybridized carbons (Fsp3) is 0.150. The number of carbonyl (C=O) groups is 1. The van der Waals surface area contributed by atoms with Crippen molar-refractivity contribution in [3.63, 3.8) is 0 Å². The Kier molecular flexibility index (Phi) is 3.06. The van der Waals surface area contributed by atoms with E-state index in [-0.39, 0.29) is 11.8 Å². The Morgan fingerprint density at radius 2 is 1.68 bits per heavy atom. The third-order valence-corrected chi connectivity index (χ3v) is 4.82. The van der Waals surface area contributed by atoms with Gasteiger partial charge in [-0.25, -0.2) is 9.97 Å². The highest BCUT2D eigenvalue weighted by atomic mass is 16.5. The quantitative estimate of drug-likeness (QED) is 0.688. The molecule has 122 valence electrons. The van der Waals surface area contributed by atoms with Crippen LogP contribution in [0.5, 0.6) is 11.5 Å². The molecule has 5 rings (SSSR count). The predicted octanol–water partition coefficient (Wildman–Crippen LogP) is 3.26. The van der Waals surface area contributed by atoms with E-state index in [4.69, 9.17) is 4.74 Å². The Hall–Kier alpha value is -3.21. The standard InChI is InChI=1S/C20H15N3O2/c24-20(23-10-13-9-21-12-22-16(13)11-23)19-14-5-1-3-7-17(14)25-18-8-4-2-6-15(18)19/h1-9,12,19H,10-11H2. The summed E-state index contributed by atoms with van der Waals surface area (Å²) in [4.78, 5) is 23.6. The SMILES string of the molecule is O=C(C1c2ccccc2Oc2ccccc21)N1Cc2cncnc2C1. The maximum atomic E-state index is 13.4. The normalized spacial score (nSPS) is 15.1. The first-order valence-corrected chi connectivity index (χ1v) is 8.23. The molecule has 5 heteroatoms. The summed E-state index contributed by atoms with van der Waals surface area (Å²) in [5.41, 5.74) is 3.77. The van der Waals surface area contributed by atoms with Crippen molar-refractivity contribution in [3.05, 3.63) is 83.4 Å². The molecule has 0 N–H and O–H groups in total. The summed E-state index contributed by atoms with van der Waals surface area (Å²) in [6, 6.07) is 15.5. The van der Waals surface area contributed by atoms with Crippen LogP contribution in [-0.4, -0.2) is 20.8 Å². The Morgan fingerprint density at radius 1 is 1.00 bits per heavy atom. The molecule has 2 aliphatic rings. The van der Waals surface area contributed by atoms with E-state index < -0.39 is 0 Å². The third kappa shape index (κ3) is 2.20. The van der Waals surface area contributed by atoms with Crippen molar-refractivity contribution in [2.24, 2.45) is 0 Å². The molecule has 0 atom stereocenters. The monoisotopic (exact) mass is 329 g/mol. The van der Waals surface area contributed by atoms with Crippen LogP contribution in [-0.2, 0) is 17.9 Å². The number of para-hydroxylation sites is 2. The number of fused-ring (bicyclic) bond motifs is 3. The maximum Gasteiger partial charge on any atom is 0.235 e. The summed E-state index contributed by atoms with van der Waals surface area (Å²) >= 11 is 0. The lowest BCUT2D eigenvalue weighted by atomic mass is 9.87. The minimum Gasteiger partial charge on any atom is -0.457 e. The van der Waals surface area contributed by atoms with Crippen molar-refractivity contribution < 1.29 is 9.53 Å². The molecule has 0 spiro atoms. The van der Waals surface area contributed by atoms with Gasteiger partial charge in [0.25, 0.3) is 0 Å². The Balaban J connectivity index is 1.57. The number of hydrogen-bond acceptors (Lipinski definition) is 4. The van der Waals surface area contributed by atoms with Gasteiger partial charge in [-0.1, -0.05) is 36.4 Å². The molecule has 2 aliphatic heterocycles. The van der Waals surface area contributed by atoms with E-state index in [2.05, 4.69) is 9.97 Å². The lowest BCUT2D eigenvalue weighted by molar-refractivity contribution is -0.132. The molecular weight excluding hydrogens is 314 g/mol. The van der Waals surface area contributed by atoms with Gasteiger partial charge >= 0.3 is 0 Å². The lowest BCUT2D eigenvalue weighted by Gasteiger charge is -2.30. The largest absolute Gasteiger partial charge is 0.457 e. The first kappa shape index (κ1) is 14.2. The van der Waals surface area contributed by atoms with E-state index in [1.165, 1.54) is 6.33 Å². The van der Waals surface area contributed by atoms with Crippen LogP contribution in [0.15, 0.2) is 61.1 Å². The summed E-state index contributed by atoms with van der Waals surface area (Å²) in [7, 11) is 0. The maximum absolute atomic E-state index is 13.4. The molecule has 1 amide bonds. The minimum atomic E-state index is -0.358. The number of benzene rings is 2. The molecule has 2 aromatic carbocycles. The summed E-state index contributed by atoms with van der Waals surface area (Å²) < 4.78 is 5.99. The molecule has 0 saturated carbocycles. The molecule has 5 nitrogen and oxygen atoms in total. The molecule has 0 fully saturated rings. The van der Waals surface area contributed by atoms with E-state index in [9.17, 15) is 4.79 Å². The molecule has 25 heavy (non-hydrogen) atoms. The lowest BCUT2D eigenvalue weighted by Crippen LogP contribution is -2.32. The number of rotatable bonds is 1. The number of aromatic nitrogens is 2. The van der Waals surface area contributed by atoms with Gasteiger partial charge in [0.2, 0.25) is 5.91 Å². The zero-order valence-corrected chi connectivity index (χ0v) is 13.4. The minimum absolute atomic E-state index is 0.0706. The van der Waals surface area contributed by atoms with E-state index in [0.29, 0.717) is 13.1 Å². The van der Waals surface area contributed by atoms with E-state index in [1.807, 2.05) is 53.4 Å². The van der Waals surface area contributed by atoms with Gasteiger partial charge in [-0.3, -0.25) is 4.79 Å². The Bertz CT molecular complexity index is 915. The van der Waals surface area contributed by atoms with Crippen LogP contribution in [0.2, 0.25) is 0 Å². The van der Waals surface area contributed by atoms with Crippen molar-refractivity contribution in [2.75, 3.05) is 0 Å². The van der Waals surface area contributed by atoms with Gasteiger partial charge in [0.15, 0.2) is 0 Å². The molecule has 0 aliphatic carbocycles. The van der Waals surface area contributed by atoms with Crippen LogP contribution in [0.4, 0.5) is 0 Å². The van der Waals surface area contributed by atoms with Crippen LogP contribution >= 0.6 is 0 Å². The fourth-order valence-corrected chi connectivity index (χ4v) is 3.61. The van der Waals surface area contributed by atoms with Gasteiger partial charge in [0.05, 0.1) is 18.2 Å². The summed E-state index contributed by atoms with van der Waals surface area (Å²) in [6.45, 7) is 1.08. The van der Waals surface area contributed by atoms with Crippen molar-refractivity contribution in [2.45, 2.75) is 19.0 Å². The Morgan fingerprint density at radius 3 is 2.36 bits per heavy atom. The Labute approximate surface area is 144 Å². The first-order valence-electron chi connectivity index (χ1n) is 8.23. The van der Waals surface area contributed by atoms with Crippen LogP contribution in [0, 0.1) is 0 Å². The number of nitrogens with zero attached hydrogens (tertiary/aromatic N) is 3. The van der Waals surface area contributed by atoms with E-state index in [0.717, 1.165) is 33.9 Å². The highest BCUT2D eigenvalue weighted by molar-refractivity contribution is 5.90. The molecule has 1 aromatic heterocycles. The zero-order valence-electron chi connectivity index (χ0n) is 13.4. The second-order valence-corrected chi connectivity index (χ2v) is 6.30. The van der Waals surface area contributed by atoms with Crippen molar-refractivity contribution in [1.82, 2.24) is 14.9 Å². The molecule has 0 radical (unpaired) electrons. The number of carbonyl (C=O) groups excluding carboxylic acids is 1. The average molecular weight is 329 g/mol. The van der Waals surface area contributed by atoms with Crippen molar-refractivity contribution in [3.8, 4) is 11.5 Å². The predicted molar refractivity (Wildman–Crippen MR) is 91.1 cm³/mol. The summed E-state index contributed by atoms with van der Waals surface area (Å²) in [5.74, 6) is 1.21. The molecule has 3 heterocycles. The second-order valence-electron chi connectivity index (χ2n) is 6.30. The van der Waals surface area contributed by atoms with Gasteiger partial charge in [0, 0.05) is 29.4 Å². The van der Waals surface area contributed by atoms with Crippen molar-refractivity contribution >= 4 is 5.91 Å². The van der Waals surface area contributed by atoms with E-state index >= 15 is 0 Å². The van der Waals surface area contributed by atoms with Gasteiger partial charge in [-0.05, 0) is 12.1 Å². The van der Waals surface area contributed by atoms with Gasteiger partial charge in [-0.15, -0.1) is 0 Å². The molecule has 3 aromatic rings. The van der Waals surface area contributed by atoms with Crippen LogP contribution in [0.1, 0.15) is 28.3 Å². The molecule has 0 saturated heterocycles. The number of ether oxygens (including phenoxy) is 1. The molecule has 0 unspecified atom stereocenters.